The van der Waals surface area contributed by atoms with Crippen molar-refractivity contribution < 1.29 is 8.42 Å². The highest BCUT2D eigenvalue weighted by atomic mass is 32.2. The molecule has 0 aliphatic carbocycles. The molecule has 0 aromatic carbocycles. The summed E-state index contributed by atoms with van der Waals surface area (Å²) in [7, 11) is -2.45. The second-order valence-corrected chi connectivity index (χ2v) is 4.01. The van der Waals surface area contributed by atoms with Gasteiger partial charge >= 0.3 is 0 Å². The minimum absolute atomic E-state index is 0.101. The summed E-state index contributed by atoms with van der Waals surface area (Å²) >= 11 is 0. The standard InChI is InChI=1S/C7H12NO2S/c1-6(2)5-7(3-4-8)11(9)10/h7,11H,3,5H2,1-2H3. The molecule has 0 bridgehead atoms. The summed E-state index contributed by atoms with van der Waals surface area (Å²) < 4.78 is 21.0. The Morgan fingerprint density at radius 3 is 2.36 bits per heavy atom. The van der Waals surface area contributed by atoms with Gasteiger partial charge in [0.1, 0.15) is 10.7 Å². The smallest absolute Gasteiger partial charge is 0.144 e. The molecular weight excluding hydrogens is 162 g/mol. The normalized spacial score (nSPS) is 13.4. The highest BCUT2D eigenvalue weighted by Crippen LogP contribution is 2.11. The molecular formula is C7H12NO2S. The van der Waals surface area contributed by atoms with Gasteiger partial charge in [-0.2, -0.15) is 5.26 Å². The van der Waals surface area contributed by atoms with Crippen molar-refractivity contribution in [2.45, 2.75) is 31.9 Å². The molecule has 1 unspecified atom stereocenters. The van der Waals surface area contributed by atoms with E-state index < -0.39 is 16.0 Å². The second kappa shape index (κ2) is 5.14. The van der Waals surface area contributed by atoms with E-state index in [9.17, 15) is 8.42 Å². The maximum absolute atomic E-state index is 10.5. The van der Waals surface area contributed by atoms with E-state index in [1.807, 2.05) is 19.9 Å². The Bertz CT molecular complexity index is 207. The molecule has 1 radical (unpaired) electrons. The van der Waals surface area contributed by atoms with Gasteiger partial charge in [0.25, 0.3) is 0 Å². The van der Waals surface area contributed by atoms with Crippen LogP contribution in [0.4, 0.5) is 0 Å². The van der Waals surface area contributed by atoms with E-state index in [1.165, 1.54) is 0 Å². The first kappa shape index (κ1) is 10.4. The molecule has 0 saturated heterocycles. The number of nitriles is 1. The Kier molecular flexibility index (Phi) is 4.88. The fourth-order valence-electron chi connectivity index (χ4n) is 0.798. The van der Waals surface area contributed by atoms with Crippen LogP contribution in [0.25, 0.3) is 0 Å². The Morgan fingerprint density at radius 2 is 2.09 bits per heavy atom. The third-order valence-corrected chi connectivity index (χ3v) is 2.23. The molecule has 0 saturated carbocycles. The van der Waals surface area contributed by atoms with Crippen molar-refractivity contribution in [2.24, 2.45) is 0 Å². The SMILES string of the molecule is C[C](C)CC(CC#N)[SH](=O)=O. The van der Waals surface area contributed by atoms with E-state index in [-0.39, 0.29) is 6.42 Å². The fraction of sp³-hybridized carbons (Fsp3) is 0.714. The third-order valence-electron chi connectivity index (χ3n) is 1.27. The van der Waals surface area contributed by atoms with Gasteiger partial charge in [0.05, 0.1) is 17.7 Å². The van der Waals surface area contributed by atoms with Crippen LogP contribution in [0.5, 0.6) is 0 Å². The van der Waals surface area contributed by atoms with Crippen LogP contribution in [0.2, 0.25) is 0 Å². The van der Waals surface area contributed by atoms with Gasteiger partial charge in [-0.1, -0.05) is 13.8 Å². The zero-order chi connectivity index (χ0) is 8.85. The zero-order valence-electron chi connectivity index (χ0n) is 6.70. The monoisotopic (exact) mass is 174 g/mol. The molecule has 0 aliphatic heterocycles. The van der Waals surface area contributed by atoms with E-state index in [0.717, 1.165) is 5.92 Å². The maximum Gasteiger partial charge on any atom is 0.144 e. The lowest BCUT2D eigenvalue weighted by Gasteiger charge is -2.07. The van der Waals surface area contributed by atoms with E-state index in [2.05, 4.69) is 0 Å². The summed E-state index contributed by atoms with van der Waals surface area (Å²) in [6, 6.07) is 1.86. The van der Waals surface area contributed by atoms with Crippen molar-refractivity contribution in [3.63, 3.8) is 0 Å². The van der Waals surface area contributed by atoms with Crippen molar-refractivity contribution >= 4 is 10.7 Å². The fourth-order valence-corrected chi connectivity index (χ4v) is 1.54. The number of nitrogens with zero attached hydrogens (tertiary/aromatic N) is 1. The molecule has 0 fully saturated rings. The van der Waals surface area contributed by atoms with Crippen molar-refractivity contribution in [1.29, 1.82) is 5.26 Å². The van der Waals surface area contributed by atoms with E-state index in [0.29, 0.717) is 6.42 Å². The van der Waals surface area contributed by atoms with Crippen LogP contribution in [0.15, 0.2) is 0 Å². The van der Waals surface area contributed by atoms with Crippen LogP contribution >= 0.6 is 0 Å². The predicted octanol–water partition coefficient (Wildman–Crippen LogP) is 0.884. The lowest BCUT2D eigenvalue weighted by atomic mass is 10.1. The summed E-state index contributed by atoms with van der Waals surface area (Å²) in [5.74, 6) is 1.05. The molecule has 0 aliphatic rings. The summed E-state index contributed by atoms with van der Waals surface area (Å²) in [4.78, 5) is 0. The molecule has 0 heterocycles. The number of rotatable bonds is 4. The molecule has 0 aromatic rings. The topological polar surface area (TPSA) is 57.9 Å². The van der Waals surface area contributed by atoms with Crippen molar-refractivity contribution in [1.82, 2.24) is 0 Å². The summed E-state index contributed by atoms with van der Waals surface area (Å²) in [5, 5.41) is 7.79. The average Bonchev–Trinajstić information content (AvgIpc) is 1.86. The maximum atomic E-state index is 10.5. The van der Waals surface area contributed by atoms with Crippen LogP contribution in [-0.4, -0.2) is 13.7 Å². The quantitative estimate of drug-likeness (QED) is 0.644. The number of hydrogen-bond acceptors (Lipinski definition) is 3. The predicted molar refractivity (Wildman–Crippen MR) is 43.5 cm³/mol. The molecule has 0 spiro atoms. The Hall–Kier alpha value is -0.560. The van der Waals surface area contributed by atoms with E-state index in [1.54, 1.807) is 0 Å². The first-order chi connectivity index (χ1) is 5.07. The van der Waals surface area contributed by atoms with Gasteiger partial charge in [-0.05, 0) is 12.3 Å². The molecule has 0 rings (SSSR count). The Morgan fingerprint density at radius 1 is 1.55 bits per heavy atom. The van der Waals surface area contributed by atoms with Crippen LogP contribution in [-0.2, 0) is 10.7 Å². The minimum Gasteiger partial charge on any atom is -0.232 e. The van der Waals surface area contributed by atoms with Crippen LogP contribution < -0.4 is 0 Å². The van der Waals surface area contributed by atoms with Gasteiger partial charge in [0, 0.05) is 0 Å². The van der Waals surface area contributed by atoms with Gasteiger partial charge in [-0.3, -0.25) is 0 Å². The first-order valence-electron chi connectivity index (χ1n) is 3.37. The summed E-state index contributed by atoms with van der Waals surface area (Å²) in [5.41, 5.74) is 0. The van der Waals surface area contributed by atoms with Crippen molar-refractivity contribution in [3.8, 4) is 6.07 Å². The zero-order valence-corrected chi connectivity index (χ0v) is 7.60. The Balaban J connectivity index is 4.03. The third kappa shape index (κ3) is 4.79. The molecule has 11 heavy (non-hydrogen) atoms. The molecule has 0 N–H and O–H groups in total. The lowest BCUT2D eigenvalue weighted by Crippen LogP contribution is -2.10. The highest BCUT2D eigenvalue weighted by Gasteiger charge is 2.12. The van der Waals surface area contributed by atoms with Gasteiger partial charge in [0.15, 0.2) is 0 Å². The van der Waals surface area contributed by atoms with Gasteiger partial charge < -0.3 is 0 Å². The van der Waals surface area contributed by atoms with Crippen LogP contribution in [0.1, 0.15) is 26.7 Å². The van der Waals surface area contributed by atoms with Gasteiger partial charge in [0.2, 0.25) is 0 Å². The van der Waals surface area contributed by atoms with Crippen molar-refractivity contribution in [2.75, 3.05) is 0 Å². The summed E-state index contributed by atoms with van der Waals surface area (Å²) in [6.07, 6.45) is 0.607. The number of thiol groups is 1. The van der Waals surface area contributed by atoms with Crippen LogP contribution in [0, 0.1) is 17.2 Å². The minimum atomic E-state index is -2.45. The van der Waals surface area contributed by atoms with E-state index in [4.69, 9.17) is 5.26 Å². The average molecular weight is 174 g/mol. The molecule has 0 aromatic heterocycles. The molecule has 0 amide bonds. The van der Waals surface area contributed by atoms with Gasteiger partial charge in [-0.25, -0.2) is 8.42 Å². The molecule has 1 atom stereocenters. The molecule has 3 nitrogen and oxygen atoms in total. The lowest BCUT2D eigenvalue weighted by molar-refractivity contribution is 0.593. The Labute approximate surface area is 69.0 Å². The van der Waals surface area contributed by atoms with Gasteiger partial charge in [-0.15, -0.1) is 0 Å². The number of hydrogen-bond donors (Lipinski definition) is 1. The molecule has 4 heteroatoms. The second-order valence-electron chi connectivity index (χ2n) is 2.71. The highest BCUT2D eigenvalue weighted by molar-refractivity contribution is 7.73. The summed E-state index contributed by atoms with van der Waals surface area (Å²) in [6.45, 7) is 3.73. The van der Waals surface area contributed by atoms with Crippen LogP contribution in [0.3, 0.4) is 0 Å². The largest absolute Gasteiger partial charge is 0.232 e. The first-order valence-corrected chi connectivity index (χ1v) is 4.62. The molecule has 63 valence electrons. The van der Waals surface area contributed by atoms with Crippen molar-refractivity contribution in [3.05, 3.63) is 5.92 Å². The van der Waals surface area contributed by atoms with E-state index >= 15 is 0 Å².